The second-order valence-electron chi connectivity index (χ2n) is 6.69. The van der Waals surface area contributed by atoms with Crippen molar-refractivity contribution in [1.82, 2.24) is 14.7 Å². The van der Waals surface area contributed by atoms with Gasteiger partial charge in [0.05, 0.1) is 12.2 Å². The lowest BCUT2D eigenvalue weighted by atomic mass is 9.69. The molecule has 2 heterocycles. The van der Waals surface area contributed by atoms with Crippen molar-refractivity contribution in [2.24, 2.45) is 5.92 Å². The zero-order valence-corrected chi connectivity index (χ0v) is 15.1. The predicted octanol–water partition coefficient (Wildman–Crippen LogP) is 3.30. The first-order valence-corrected chi connectivity index (χ1v) is 9.11. The molecule has 5 nitrogen and oxygen atoms in total. The molecular formula is C20H17ClFN3O2. The SMILES string of the molecule is O=C(NCc1cc(=O)n2ccccc2n1)C1CCC1c1ccc(Cl)cc1F. The molecule has 0 bridgehead atoms. The number of pyridine rings is 1. The first-order chi connectivity index (χ1) is 13.0. The highest BCUT2D eigenvalue weighted by Crippen LogP contribution is 2.43. The lowest BCUT2D eigenvalue weighted by molar-refractivity contribution is -0.128. The first kappa shape index (κ1) is 17.7. The summed E-state index contributed by atoms with van der Waals surface area (Å²) >= 11 is 5.80. The summed E-state index contributed by atoms with van der Waals surface area (Å²) in [5, 5.41) is 3.16. The predicted molar refractivity (Wildman–Crippen MR) is 100 cm³/mol. The van der Waals surface area contributed by atoms with Gasteiger partial charge in [-0.15, -0.1) is 0 Å². The van der Waals surface area contributed by atoms with Crippen LogP contribution in [0.4, 0.5) is 4.39 Å². The van der Waals surface area contributed by atoms with E-state index in [2.05, 4.69) is 10.3 Å². The summed E-state index contributed by atoms with van der Waals surface area (Å²) in [7, 11) is 0. The Morgan fingerprint density at radius 3 is 2.85 bits per heavy atom. The molecule has 1 fully saturated rings. The molecule has 1 N–H and O–H groups in total. The molecule has 1 saturated carbocycles. The van der Waals surface area contributed by atoms with Crippen LogP contribution in [0.5, 0.6) is 0 Å². The standard InChI is InChI=1S/C20H17ClFN3O2/c21-12-4-5-15(17(22)9-12)14-6-7-16(14)20(27)23-11-13-10-19(26)25-8-2-1-3-18(25)24-13/h1-5,8-10,14,16H,6-7,11H2,(H,23,27). The lowest BCUT2D eigenvalue weighted by Crippen LogP contribution is -2.39. The highest BCUT2D eigenvalue weighted by atomic mass is 35.5. The van der Waals surface area contributed by atoms with Crippen molar-refractivity contribution < 1.29 is 9.18 Å². The third-order valence-corrected chi connectivity index (χ3v) is 5.28. The molecule has 0 radical (unpaired) electrons. The Kier molecular flexibility index (Phi) is 4.66. The maximum Gasteiger partial charge on any atom is 0.258 e. The summed E-state index contributed by atoms with van der Waals surface area (Å²) in [5.41, 5.74) is 1.34. The number of nitrogens with zero attached hydrogens (tertiary/aromatic N) is 2. The highest BCUT2D eigenvalue weighted by molar-refractivity contribution is 6.30. The number of amides is 1. The summed E-state index contributed by atoms with van der Waals surface area (Å²) in [6.45, 7) is 0.159. The van der Waals surface area contributed by atoms with E-state index in [0.29, 0.717) is 28.3 Å². The van der Waals surface area contributed by atoms with E-state index in [1.807, 2.05) is 0 Å². The van der Waals surface area contributed by atoms with Gasteiger partial charge in [0.15, 0.2) is 0 Å². The van der Waals surface area contributed by atoms with Crippen molar-refractivity contribution in [3.63, 3.8) is 0 Å². The number of rotatable bonds is 4. The number of hydrogen-bond donors (Lipinski definition) is 1. The Hall–Kier alpha value is -2.73. The van der Waals surface area contributed by atoms with Crippen LogP contribution in [0, 0.1) is 11.7 Å². The Balaban J connectivity index is 1.46. The maximum absolute atomic E-state index is 14.1. The molecule has 1 amide bonds. The highest BCUT2D eigenvalue weighted by Gasteiger charge is 2.38. The quantitative estimate of drug-likeness (QED) is 0.749. The monoisotopic (exact) mass is 385 g/mol. The number of benzene rings is 1. The Morgan fingerprint density at radius 1 is 1.26 bits per heavy atom. The third kappa shape index (κ3) is 3.45. The van der Waals surface area contributed by atoms with Crippen molar-refractivity contribution in [2.75, 3.05) is 0 Å². The van der Waals surface area contributed by atoms with Gasteiger partial charge in [-0.2, -0.15) is 0 Å². The molecule has 0 saturated heterocycles. The number of aromatic nitrogens is 2. The molecule has 27 heavy (non-hydrogen) atoms. The summed E-state index contributed by atoms with van der Waals surface area (Å²) in [5.74, 6) is -0.982. The zero-order valence-electron chi connectivity index (χ0n) is 14.4. The molecule has 4 rings (SSSR count). The van der Waals surface area contributed by atoms with Gasteiger partial charge in [0.1, 0.15) is 11.5 Å². The molecule has 1 aliphatic rings. The van der Waals surface area contributed by atoms with Crippen molar-refractivity contribution in [3.05, 3.63) is 81.1 Å². The van der Waals surface area contributed by atoms with Crippen LogP contribution in [0.1, 0.15) is 30.0 Å². The van der Waals surface area contributed by atoms with Crippen molar-refractivity contribution >= 4 is 23.2 Å². The van der Waals surface area contributed by atoms with Gasteiger partial charge < -0.3 is 5.32 Å². The first-order valence-electron chi connectivity index (χ1n) is 8.73. The van der Waals surface area contributed by atoms with E-state index in [-0.39, 0.29) is 35.7 Å². The van der Waals surface area contributed by atoms with Crippen molar-refractivity contribution in [2.45, 2.75) is 25.3 Å². The Bertz CT molecular complexity index is 1080. The Morgan fingerprint density at radius 2 is 2.11 bits per heavy atom. The number of nitrogens with one attached hydrogen (secondary N) is 1. The smallest absolute Gasteiger partial charge is 0.258 e. The fourth-order valence-corrected chi connectivity index (χ4v) is 3.65. The van der Waals surface area contributed by atoms with Gasteiger partial charge in [0.2, 0.25) is 5.91 Å². The second-order valence-corrected chi connectivity index (χ2v) is 7.12. The van der Waals surface area contributed by atoms with Crippen LogP contribution < -0.4 is 10.9 Å². The molecule has 0 aliphatic heterocycles. The van der Waals surface area contributed by atoms with Crippen molar-refractivity contribution in [1.29, 1.82) is 0 Å². The summed E-state index contributed by atoms with van der Waals surface area (Å²) in [6.07, 6.45) is 3.10. The van der Waals surface area contributed by atoms with Gasteiger partial charge in [-0.1, -0.05) is 23.7 Å². The van der Waals surface area contributed by atoms with Crippen LogP contribution in [-0.4, -0.2) is 15.3 Å². The van der Waals surface area contributed by atoms with Crippen LogP contribution in [0.2, 0.25) is 5.02 Å². The minimum atomic E-state index is -0.380. The van der Waals surface area contributed by atoms with Gasteiger partial charge >= 0.3 is 0 Å². The molecule has 0 spiro atoms. The molecule has 1 aromatic carbocycles. The molecule has 7 heteroatoms. The topological polar surface area (TPSA) is 63.5 Å². The van der Waals surface area contributed by atoms with E-state index in [9.17, 15) is 14.0 Å². The van der Waals surface area contributed by atoms with Crippen molar-refractivity contribution in [3.8, 4) is 0 Å². The number of carbonyl (C=O) groups excluding carboxylic acids is 1. The second kappa shape index (κ2) is 7.12. The number of fused-ring (bicyclic) bond motifs is 1. The van der Waals surface area contributed by atoms with E-state index in [1.54, 1.807) is 36.5 Å². The van der Waals surface area contributed by atoms with Crippen LogP contribution >= 0.6 is 11.6 Å². The van der Waals surface area contributed by atoms with Crippen LogP contribution in [0.25, 0.3) is 5.65 Å². The minimum Gasteiger partial charge on any atom is -0.350 e. The molecule has 2 aromatic heterocycles. The summed E-state index contributed by atoms with van der Waals surface area (Å²) < 4.78 is 15.6. The largest absolute Gasteiger partial charge is 0.350 e. The molecule has 138 valence electrons. The summed E-state index contributed by atoms with van der Waals surface area (Å²) in [4.78, 5) is 29.0. The maximum atomic E-state index is 14.1. The van der Waals surface area contributed by atoms with Crippen LogP contribution in [0.15, 0.2) is 53.5 Å². The van der Waals surface area contributed by atoms with E-state index in [0.717, 1.165) is 6.42 Å². The molecule has 2 unspecified atom stereocenters. The van der Waals surface area contributed by atoms with E-state index in [4.69, 9.17) is 11.6 Å². The molecular weight excluding hydrogens is 369 g/mol. The fraction of sp³-hybridized carbons (Fsp3) is 0.250. The molecule has 1 aliphatic carbocycles. The number of carbonyl (C=O) groups is 1. The van der Waals surface area contributed by atoms with Gasteiger partial charge in [-0.05, 0) is 48.6 Å². The van der Waals surface area contributed by atoms with Crippen LogP contribution in [0.3, 0.4) is 0 Å². The zero-order chi connectivity index (χ0) is 19.0. The lowest BCUT2D eigenvalue weighted by Gasteiger charge is -2.36. The normalized spacial score (nSPS) is 18.9. The van der Waals surface area contributed by atoms with E-state index < -0.39 is 0 Å². The van der Waals surface area contributed by atoms with Gasteiger partial charge in [0.25, 0.3) is 5.56 Å². The molecule has 3 aromatic rings. The average Bonchev–Trinajstić information content (AvgIpc) is 2.61. The van der Waals surface area contributed by atoms with E-state index >= 15 is 0 Å². The summed E-state index contributed by atoms with van der Waals surface area (Å²) in [6, 6.07) is 11.3. The fourth-order valence-electron chi connectivity index (χ4n) is 3.49. The average molecular weight is 386 g/mol. The van der Waals surface area contributed by atoms with Crippen LogP contribution in [-0.2, 0) is 11.3 Å². The number of hydrogen-bond acceptors (Lipinski definition) is 3. The van der Waals surface area contributed by atoms with Gasteiger partial charge in [0, 0.05) is 23.2 Å². The Labute approximate surface area is 159 Å². The van der Waals surface area contributed by atoms with Gasteiger partial charge in [-0.3, -0.25) is 14.0 Å². The van der Waals surface area contributed by atoms with E-state index in [1.165, 1.54) is 16.5 Å². The van der Waals surface area contributed by atoms with Gasteiger partial charge in [-0.25, -0.2) is 9.37 Å². The third-order valence-electron chi connectivity index (χ3n) is 5.04. The number of halogens is 2. The minimum absolute atomic E-state index is 0.155. The molecule has 2 atom stereocenters.